The molecule has 0 saturated heterocycles. The highest BCUT2D eigenvalue weighted by molar-refractivity contribution is 9.10. The van der Waals surface area contributed by atoms with Gasteiger partial charge in [0, 0.05) is 27.8 Å². The smallest absolute Gasteiger partial charge is 0.0946 e. The van der Waals surface area contributed by atoms with Gasteiger partial charge in [0.15, 0.2) is 0 Å². The monoisotopic (exact) mass is 359 g/mol. The van der Waals surface area contributed by atoms with Gasteiger partial charge in [-0.05, 0) is 41.4 Å². The van der Waals surface area contributed by atoms with Gasteiger partial charge in [0.1, 0.15) is 0 Å². The van der Waals surface area contributed by atoms with Crippen molar-refractivity contribution in [2.75, 3.05) is 0 Å². The van der Waals surface area contributed by atoms with Crippen LogP contribution < -0.4 is 5.73 Å². The molecule has 0 spiro atoms. The fourth-order valence-corrected chi connectivity index (χ4v) is 4.93. The summed E-state index contributed by atoms with van der Waals surface area (Å²) in [6, 6.07) is 4.43. The second kappa shape index (κ2) is 6.43. The Bertz CT molecular complexity index is 550. The molecule has 0 amide bonds. The van der Waals surface area contributed by atoms with Crippen LogP contribution in [0, 0.1) is 6.92 Å². The largest absolute Gasteiger partial charge is 0.326 e. The highest BCUT2D eigenvalue weighted by Crippen LogP contribution is 2.41. The molecule has 0 radical (unpaired) electrons. The van der Waals surface area contributed by atoms with Gasteiger partial charge in [0.2, 0.25) is 0 Å². The van der Waals surface area contributed by atoms with E-state index < -0.39 is 0 Å². The minimum Gasteiger partial charge on any atom is -0.326 e. The number of aromatic nitrogens is 2. The molecule has 0 bridgehead atoms. The predicted molar refractivity (Wildman–Crippen MR) is 86.8 cm³/mol. The average Bonchev–Trinajstić information content (AvgIpc) is 2.91. The minimum absolute atomic E-state index is 0.144. The van der Waals surface area contributed by atoms with Crippen molar-refractivity contribution in [2.45, 2.75) is 36.6 Å². The first-order valence-corrected chi connectivity index (χ1v) is 8.73. The number of aryl methyl sites for hydroxylation is 2. The summed E-state index contributed by atoms with van der Waals surface area (Å²) in [6.07, 6.45) is 0.962. The van der Waals surface area contributed by atoms with Crippen LogP contribution in [0.4, 0.5) is 0 Å². The van der Waals surface area contributed by atoms with Crippen LogP contribution >= 0.6 is 39.0 Å². The topological polar surface area (TPSA) is 43.8 Å². The number of thioether (sulfide) groups is 1. The number of thiophene rings is 1. The van der Waals surface area contributed by atoms with Gasteiger partial charge in [-0.15, -0.1) is 11.3 Å². The number of halogens is 1. The third-order valence-electron chi connectivity index (χ3n) is 2.94. The summed E-state index contributed by atoms with van der Waals surface area (Å²) in [5.74, 6) is 0. The Hall–Kier alpha value is -0.300. The van der Waals surface area contributed by atoms with Crippen LogP contribution in [0.5, 0.6) is 0 Å². The number of nitrogens with zero attached hydrogens (tertiary/aromatic N) is 2. The van der Waals surface area contributed by atoms with E-state index in [-0.39, 0.29) is 11.3 Å². The summed E-state index contributed by atoms with van der Waals surface area (Å²) in [4.78, 5) is 1.31. The van der Waals surface area contributed by atoms with Crippen LogP contribution in [0.25, 0.3) is 0 Å². The number of hydrogen-bond donors (Lipinski definition) is 1. The Morgan fingerprint density at radius 2 is 2.26 bits per heavy atom. The molecular formula is C13H18BrN3S2. The Balaban J connectivity index is 2.26. The molecule has 2 aromatic heterocycles. The van der Waals surface area contributed by atoms with E-state index in [1.165, 1.54) is 4.88 Å². The summed E-state index contributed by atoms with van der Waals surface area (Å²) in [5, 5.41) is 7.95. The van der Waals surface area contributed by atoms with Crippen molar-refractivity contribution < 1.29 is 0 Å². The van der Waals surface area contributed by atoms with Crippen molar-refractivity contribution in [3.05, 3.63) is 32.6 Å². The Kier molecular flexibility index (Phi) is 5.11. The van der Waals surface area contributed by atoms with Crippen LogP contribution in [0.2, 0.25) is 0 Å². The van der Waals surface area contributed by atoms with E-state index in [0.717, 1.165) is 21.6 Å². The lowest BCUT2D eigenvalue weighted by Gasteiger charge is -2.21. The first-order chi connectivity index (χ1) is 9.01. The second-order valence-electron chi connectivity index (χ2n) is 4.53. The molecule has 2 N–H and O–H groups in total. The molecule has 3 nitrogen and oxygen atoms in total. The maximum Gasteiger partial charge on any atom is 0.0946 e. The summed E-state index contributed by atoms with van der Waals surface area (Å²) in [7, 11) is 1.98. The molecule has 0 aliphatic rings. The Labute approximate surface area is 130 Å². The van der Waals surface area contributed by atoms with Crippen LogP contribution in [-0.2, 0) is 7.05 Å². The summed E-state index contributed by atoms with van der Waals surface area (Å²) in [6.45, 7) is 4.15. The lowest BCUT2D eigenvalue weighted by molar-refractivity contribution is 0.633. The zero-order valence-corrected chi connectivity index (χ0v) is 14.5. The normalized spacial score (nSPS) is 14.6. The third kappa shape index (κ3) is 3.62. The van der Waals surface area contributed by atoms with Crippen molar-refractivity contribution in [2.24, 2.45) is 12.8 Å². The molecule has 2 heterocycles. The quantitative estimate of drug-likeness (QED) is 0.816. The van der Waals surface area contributed by atoms with E-state index in [1.807, 2.05) is 18.7 Å². The minimum atomic E-state index is 0.144. The van der Waals surface area contributed by atoms with Gasteiger partial charge in [-0.25, -0.2) is 0 Å². The van der Waals surface area contributed by atoms with E-state index in [4.69, 9.17) is 5.73 Å². The van der Waals surface area contributed by atoms with E-state index in [1.54, 1.807) is 23.1 Å². The zero-order chi connectivity index (χ0) is 14.0. The molecule has 2 unspecified atom stereocenters. The SMILES string of the molecule is CCC(N)C(Sc1cc(C)nn1C)c1cc(Br)cs1. The molecule has 0 fully saturated rings. The van der Waals surface area contributed by atoms with Crippen LogP contribution in [0.3, 0.4) is 0 Å². The van der Waals surface area contributed by atoms with Gasteiger partial charge in [-0.2, -0.15) is 5.10 Å². The number of rotatable bonds is 5. The molecule has 0 aromatic carbocycles. The highest BCUT2D eigenvalue weighted by atomic mass is 79.9. The van der Waals surface area contributed by atoms with E-state index in [2.05, 4.69) is 45.5 Å². The van der Waals surface area contributed by atoms with Gasteiger partial charge < -0.3 is 5.73 Å². The van der Waals surface area contributed by atoms with E-state index in [9.17, 15) is 0 Å². The predicted octanol–water partition coefficient (Wildman–Crippen LogP) is 4.12. The average molecular weight is 360 g/mol. The molecule has 2 atom stereocenters. The molecule has 2 rings (SSSR count). The molecule has 0 saturated carbocycles. The Morgan fingerprint density at radius 1 is 1.53 bits per heavy atom. The third-order valence-corrected chi connectivity index (χ3v) is 6.34. The van der Waals surface area contributed by atoms with Crippen LogP contribution in [0.15, 0.2) is 27.0 Å². The first-order valence-electron chi connectivity index (χ1n) is 6.18. The Morgan fingerprint density at radius 3 is 2.74 bits per heavy atom. The standard InChI is InChI=1S/C13H18BrN3S2/c1-4-10(15)13(11-6-9(14)7-18-11)19-12-5-8(2)16-17(12)3/h5-7,10,13H,4,15H2,1-3H3. The van der Waals surface area contributed by atoms with Crippen molar-refractivity contribution in [1.82, 2.24) is 9.78 Å². The highest BCUT2D eigenvalue weighted by Gasteiger charge is 2.23. The second-order valence-corrected chi connectivity index (χ2v) is 7.55. The maximum atomic E-state index is 6.30. The lowest BCUT2D eigenvalue weighted by atomic mass is 10.1. The van der Waals surface area contributed by atoms with Crippen LogP contribution in [0.1, 0.15) is 29.2 Å². The fourth-order valence-electron chi connectivity index (χ4n) is 1.88. The van der Waals surface area contributed by atoms with Crippen molar-refractivity contribution >= 4 is 39.0 Å². The van der Waals surface area contributed by atoms with Crippen molar-refractivity contribution in [3.63, 3.8) is 0 Å². The molecule has 19 heavy (non-hydrogen) atoms. The molecule has 0 aliphatic heterocycles. The van der Waals surface area contributed by atoms with Gasteiger partial charge in [0.25, 0.3) is 0 Å². The van der Waals surface area contributed by atoms with E-state index in [0.29, 0.717) is 0 Å². The van der Waals surface area contributed by atoms with Gasteiger partial charge in [-0.3, -0.25) is 4.68 Å². The first kappa shape index (κ1) is 15.1. The lowest BCUT2D eigenvalue weighted by Crippen LogP contribution is -2.25. The fraction of sp³-hybridized carbons (Fsp3) is 0.462. The van der Waals surface area contributed by atoms with E-state index >= 15 is 0 Å². The molecule has 2 aromatic rings. The summed E-state index contributed by atoms with van der Waals surface area (Å²) < 4.78 is 3.06. The molecule has 104 valence electrons. The van der Waals surface area contributed by atoms with Crippen molar-refractivity contribution in [1.29, 1.82) is 0 Å². The van der Waals surface area contributed by atoms with Gasteiger partial charge in [-0.1, -0.05) is 18.7 Å². The van der Waals surface area contributed by atoms with Gasteiger partial charge >= 0.3 is 0 Å². The number of hydrogen-bond acceptors (Lipinski definition) is 4. The summed E-state index contributed by atoms with van der Waals surface area (Å²) in [5.41, 5.74) is 7.35. The van der Waals surface area contributed by atoms with Crippen molar-refractivity contribution in [3.8, 4) is 0 Å². The molecule has 6 heteroatoms. The number of nitrogens with two attached hydrogens (primary N) is 1. The van der Waals surface area contributed by atoms with Gasteiger partial charge in [0.05, 0.1) is 16.0 Å². The molecular weight excluding hydrogens is 342 g/mol. The summed E-state index contributed by atoms with van der Waals surface area (Å²) >= 11 is 7.07. The van der Waals surface area contributed by atoms with Crippen LogP contribution in [-0.4, -0.2) is 15.8 Å². The molecule has 0 aliphatic carbocycles. The maximum absolute atomic E-state index is 6.30. The zero-order valence-electron chi connectivity index (χ0n) is 11.3.